The molecule has 4 rings (SSSR count). The fourth-order valence-corrected chi connectivity index (χ4v) is 7.18. The number of alkyl halides is 3. The summed E-state index contributed by atoms with van der Waals surface area (Å²) in [5.41, 5.74) is 6.45. The summed E-state index contributed by atoms with van der Waals surface area (Å²) in [7, 11) is 0. The Morgan fingerprint density at radius 1 is 0.909 bits per heavy atom. The Bertz CT molecular complexity index is 1250. The molecule has 5 heteroatoms. The number of hydrogen-bond acceptors (Lipinski definition) is 2. The molecule has 0 atom stereocenters. The lowest BCUT2D eigenvalue weighted by Crippen LogP contribution is -2.15. The minimum atomic E-state index is -4.42. The maximum Gasteiger partial charge on any atom is 0.416 e. The van der Waals surface area contributed by atoms with Crippen LogP contribution in [0.4, 0.5) is 13.2 Å². The highest BCUT2D eigenvalue weighted by atomic mass is 32.1. The van der Waals surface area contributed by atoms with Crippen molar-refractivity contribution in [2.75, 3.05) is 0 Å². The SMILES string of the molecule is C=C1\C(=C/C(C)=C(/C(C)=C/C2=C(C)c3sc(C)cc3CC2)C(F)(F)F)CCc2cc(C)sc21. The van der Waals surface area contributed by atoms with Gasteiger partial charge in [-0.2, -0.15) is 13.2 Å². The van der Waals surface area contributed by atoms with Gasteiger partial charge in [0.1, 0.15) is 0 Å². The van der Waals surface area contributed by atoms with Crippen LogP contribution in [0, 0.1) is 13.8 Å². The van der Waals surface area contributed by atoms with Gasteiger partial charge in [-0.05, 0) is 117 Å². The van der Waals surface area contributed by atoms with E-state index in [-0.39, 0.29) is 11.1 Å². The maximum atomic E-state index is 14.2. The first-order valence-electron chi connectivity index (χ1n) is 11.2. The molecule has 0 bridgehead atoms. The molecule has 33 heavy (non-hydrogen) atoms. The van der Waals surface area contributed by atoms with E-state index in [0.29, 0.717) is 0 Å². The first-order chi connectivity index (χ1) is 15.5. The molecule has 0 radical (unpaired) electrons. The van der Waals surface area contributed by atoms with E-state index in [1.54, 1.807) is 48.7 Å². The Kier molecular flexibility index (Phi) is 6.49. The molecule has 174 valence electrons. The average molecular weight is 487 g/mol. The summed E-state index contributed by atoms with van der Waals surface area (Å²) >= 11 is 3.40. The number of aryl methyl sites for hydroxylation is 4. The van der Waals surface area contributed by atoms with Crippen LogP contribution in [0.1, 0.15) is 64.2 Å². The van der Waals surface area contributed by atoms with E-state index in [9.17, 15) is 13.2 Å². The van der Waals surface area contributed by atoms with E-state index < -0.39 is 11.7 Å². The third-order valence-electron chi connectivity index (χ3n) is 6.53. The van der Waals surface area contributed by atoms with Crippen LogP contribution in [0.15, 0.2) is 58.7 Å². The summed E-state index contributed by atoms with van der Waals surface area (Å²) in [5, 5.41) is 0. The highest BCUT2D eigenvalue weighted by molar-refractivity contribution is 7.13. The van der Waals surface area contributed by atoms with Crippen LogP contribution in [-0.4, -0.2) is 6.18 Å². The van der Waals surface area contributed by atoms with Crippen molar-refractivity contribution in [3.8, 4) is 0 Å². The third-order valence-corrected chi connectivity index (χ3v) is 8.89. The molecule has 0 nitrogen and oxygen atoms in total. The molecule has 2 heterocycles. The van der Waals surface area contributed by atoms with E-state index in [1.165, 1.54) is 25.8 Å². The minimum absolute atomic E-state index is 0.255. The monoisotopic (exact) mass is 486 g/mol. The first kappa shape index (κ1) is 24.0. The predicted octanol–water partition coefficient (Wildman–Crippen LogP) is 9.56. The van der Waals surface area contributed by atoms with Gasteiger partial charge in [-0.25, -0.2) is 0 Å². The largest absolute Gasteiger partial charge is 0.416 e. The number of allylic oxidation sites excluding steroid dienone is 9. The molecular weight excluding hydrogens is 457 g/mol. The van der Waals surface area contributed by atoms with Gasteiger partial charge < -0.3 is 0 Å². The van der Waals surface area contributed by atoms with Gasteiger partial charge in [0, 0.05) is 19.5 Å². The summed E-state index contributed by atoms with van der Waals surface area (Å²) in [5.74, 6) is 0. The Hall–Kier alpha value is -2.11. The Morgan fingerprint density at radius 2 is 1.48 bits per heavy atom. The molecule has 0 saturated carbocycles. The summed E-state index contributed by atoms with van der Waals surface area (Å²) in [4.78, 5) is 4.79. The van der Waals surface area contributed by atoms with Crippen molar-refractivity contribution in [2.24, 2.45) is 0 Å². The molecule has 0 amide bonds. The molecule has 0 saturated heterocycles. The number of thiophene rings is 2. The van der Waals surface area contributed by atoms with Gasteiger partial charge in [-0.3, -0.25) is 0 Å². The zero-order chi connectivity index (χ0) is 24.1. The normalized spacial score (nSPS) is 19.1. The molecule has 2 aliphatic carbocycles. The Morgan fingerprint density at radius 3 is 2.12 bits per heavy atom. The van der Waals surface area contributed by atoms with E-state index in [2.05, 4.69) is 32.6 Å². The summed E-state index contributed by atoms with van der Waals surface area (Å²) in [6, 6.07) is 4.37. The molecule has 0 spiro atoms. The van der Waals surface area contributed by atoms with Crippen molar-refractivity contribution < 1.29 is 13.2 Å². The van der Waals surface area contributed by atoms with E-state index in [0.717, 1.165) is 52.9 Å². The highest BCUT2D eigenvalue weighted by Gasteiger charge is 2.36. The summed E-state index contributed by atoms with van der Waals surface area (Å²) in [6.45, 7) is 13.6. The highest BCUT2D eigenvalue weighted by Crippen LogP contribution is 2.42. The zero-order valence-corrected chi connectivity index (χ0v) is 21.4. The topological polar surface area (TPSA) is 0 Å². The second-order valence-corrected chi connectivity index (χ2v) is 11.6. The third kappa shape index (κ3) is 4.76. The van der Waals surface area contributed by atoms with Crippen molar-refractivity contribution in [1.82, 2.24) is 0 Å². The second kappa shape index (κ2) is 8.92. The lowest BCUT2D eigenvalue weighted by atomic mass is 9.87. The Balaban J connectivity index is 1.74. The van der Waals surface area contributed by atoms with Crippen LogP contribution in [0.3, 0.4) is 0 Å². The predicted molar refractivity (Wildman–Crippen MR) is 137 cm³/mol. The van der Waals surface area contributed by atoms with Crippen LogP contribution in [0.5, 0.6) is 0 Å². The zero-order valence-electron chi connectivity index (χ0n) is 19.8. The second-order valence-electron chi connectivity index (χ2n) is 9.10. The van der Waals surface area contributed by atoms with Gasteiger partial charge in [0.05, 0.1) is 5.57 Å². The molecular formula is C28H29F3S2. The van der Waals surface area contributed by atoms with Gasteiger partial charge in [0.2, 0.25) is 0 Å². The number of rotatable bonds is 3. The molecule has 0 aromatic carbocycles. The quantitative estimate of drug-likeness (QED) is 0.379. The van der Waals surface area contributed by atoms with Gasteiger partial charge in [-0.15, -0.1) is 22.7 Å². The summed E-state index contributed by atoms with van der Waals surface area (Å²) < 4.78 is 42.7. The molecule has 0 aliphatic heterocycles. The molecule has 0 unspecified atom stereocenters. The number of fused-ring (bicyclic) bond motifs is 2. The Labute approximate surface area is 202 Å². The van der Waals surface area contributed by atoms with Crippen LogP contribution < -0.4 is 0 Å². The fraction of sp³-hybridized carbons (Fsp3) is 0.357. The molecule has 2 aromatic rings. The molecule has 2 aromatic heterocycles. The van der Waals surface area contributed by atoms with E-state index in [4.69, 9.17) is 0 Å². The molecule has 2 aliphatic rings. The van der Waals surface area contributed by atoms with Gasteiger partial charge in [0.15, 0.2) is 0 Å². The lowest BCUT2D eigenvalue weighted by molar-refractivity contribution is -0.0899. The lowest BCUT2D eigenvalue weighted by Gasteiger charge is -2.21. The van der Waals surface area contributed by atoms with Crippen molar-refractivity contribution in [3.05, 3.63) is 89.4 Å². The van der Waals surface area contributed by atoms with Crippen molar-refractivity contribution >= 4 is 33.8 Å². The van der Waals surface area contributed by atoms with E-state index >= 15 is 0 Å². The van der Waals surface area contributed by atoms with Gasteiger partial charge >= 0.3 is 6.18 Å². The van der Waals surface area contributed by atoms with E-state index in [1.807, 2.05) is 6.92 Å². The van der Waals surface area contributed by atoms with Gasteiger partial charge in [-0.1, -0.05) is 18.7 Å². The summed E-state index contributed by atoms with van der Waals surface area (Å²) in [6.07, 6.45) is 2.27. The fourth-order valence-electron chi connectivity index (χ4n) is 5.01. The standard InChI is InChI=1S/C28H29F3S2/c1-15(11-21-7-9-23-13-17(3)32-26(23)19(21)5)25(28(29,30)31)16(2)12-22-8-10-24-14-18(4)33-27(24)20(22)6/h11-14H,5,7-10H2,1-4,6H3/b16-12+,21-11-,25-15-. The van der Waals surface area contributed by atoms with Gasteiger partial charge in [0.25, 0.3) is 0 Å². The molecule has 0 fully saturated rings. The smallest absolute Gasteiger partial charge is 0.166 e. The van der Waals surface area contributed by atoms with Crippen molar-refractivity contribution in [1.29, 1.82) is 0 Å². The average Bonchev–Trinajstić information content (AvgIpc) is 3.27. The van der Waals surface area contributed by atoms with Crippen molar-refractivity contribution in [2.45, 2.75) is 66.5 Å². The maximum absolute atomic E-state index is 14.2. The minimum Gasteiger partial charge on any atom is -0.166 e. The van der Waals surface area contributed by atoms with Crippen LogP contribution in [0.2, 0.25) is 0 Å². The first-order valence-corrected chi connectivity index (χ1v) is 12.8. The molecule has 0 N–H and O–H groups in total. The van der Waals surface area contributed by atoms with Crippen LogP contribution in [0.25, 0.3) is 11.1 Å². The van der Waals surface area contributed by atoms with Crippen LogP contribution in [-0.2, 0) is 12.8 Å². The van der Waals surface area contributed by atoms with Crippen LogP contribution >= 0.6 is 22.7 Å². The van der Waals surface area contributed by atoms with Crippen molar-refractivity contribution in [3.63, 3.8) is 0 Å². The number of hydrogen-bond donors (Lipinski definition) is 0. The number of halogens is 3.